The van der Waals surface area contributed by atoms with Gasteiger partial charge in [-0.15, -0.1) is 0 Å². The maximum atomic E-state index is 13.4. The molecule has 1 atom stereocenters. The molecule has 1 aliphatic heterocycles. The van der Waals surface area contributed by atoms with Crippen molar-refractivity contribution in [3.8, 4) is 11.1 Å². The molecule has 5 aromatic rings. The monoisotopic (exact) mass is 459 g/mol. The summed E-state index contributed by atoms with van der Waals surface area (Å²) in [5.41, 5.74) is 8.40. The summed E-state index contributed by atoms with van der Waals surface area (Å²) in [6.45, 7) is 4.41. The number of hydrogen-bond donors (Lipinski definition) is 0. The third kappa shape index (κ3) is 3.45. The number of carbonyl (C=O) groups is 2. The van der Waals surface area contributed by atoms with Gasteiger partial charge in [0.2, 0.25) is 0 Å². The van der Waals surface area contributed by atoms with E-state index in [1.807, 2.05) is 67.6 Å². The summed E-state index contributed by atoms with van der Waals surface area (Å²) in [6, 6.07) is 28.5. The Hall–Kier alpha value is -4.18. The molecule has 2 amide bonds. The summed E-state index contributed by atoms with van der Waals surface area (Å²) in [5.74, 6) is -0.260. The molecule has 0 aliphatic carbocycles. The quantitative estimate of drug-likeness (QED) is 0.257. The molecule has 0 saturated carbocycles. The van der Waals surface area contributed by atoms with Crippen LogP contribution in [-0.4, -0.2) is 16.7 Å². The smallest absolute Gasteiger partial charge is 0.265 e. The lowest BCUT2D eigenvalue weighted by Crippen LogP contribution is -2.29. The number of nitrogens with zero attached hydrogens (tertiary/aromatic N) is 1. The topological polar surface area (TPSA) is 50.5 Å². The summed E-state index contributed by atoms with van der Waals surface area (Å²) in [7, 11) is 0. The fraction of sp³-hybridized carbons (Fsp3) is 0.161. The lowest BCUT2D eigenvalue weighted by molar-refractivity contribution is 0.0642. The van der Waals surface area contributed by atoms with E-state index >= 15 is 0 Å². The average molecular weight is 460 g/mol. The molecule has 1 aliphatic rings. The normalized spacial score (nSPS) is 14.2. The van der Waals surface area contributed by atoms with Crippen LogP contribution in [0.25, 0.3) is 22.3 Å². The predicted molar refractivity (Wildman–Crippen MR) is 137 cm³/mol. The molecule has 172 valence electrons. The first-order valence-corrected chi connectivity index (χ1v) is 12.0. The first-order chi connectivity index (χ1) is 17.0. The van der Waals surface area contributed by atoms with E-state index in [0.717, 1.165) is 34.2 Å². The molecule has 4 nitrogen and oxygen atoms in total. The summed E-state index contributed by atoms with van der Waals surface area (Å²) in [6.07, 6.45) is 0.758. The van der Waals surface area contributed by atoms with Crippen molar-refractivity contribution in [3.63, 3.8) is 0 Å². The number of imide groups is 1. The summed E-state index contributed by atoms with van der Waals surface area (Å²) in [5, 5.41) is 0. The number of benzene rings is 4. The van der Waals surface area contributed by atoms with Gasteiger partial charge in [0.05, 0.1) is 17.7 Å². The van der Waals surface area contributed by atoms with Gasteiger partial charge in [-0.3, -0.25) is 14.5 Å². The van der Waals surface area contributed by atoms with Gasteiger partial charge >= 0.3 is 0 Å². The highest BCUT2D eigenvalue weighted by molar-refractivity contribution is 6.28. The van der Waals surface area contributed by atoms with E-state index in [2.05, 4.69) is 31.2 Å². The lowest BCUT2D eigenvalue weighted by atomic mass is 9.90. The Balaban J connectivity index is 1.27. The predicted octanol–water partition coefficient (Wildman–Crippen LogP) is 6.99. The fourth-order valence-corrected chi connectivity index (χ4v) is 5.20. The van der Waals surface area contributed by atoms with Crippen LogP contribution in [0, 0.1) is 6.92 Å². The molecule has 0 spiro atoms. The maximum absolute atomic E-state index is 13.4. The molecule has 3 heterocycles. The van der Waals surface area contributed by atoms with E-state index in [4.69, 9.17) is 4.42 Å². The minimum absolute atomic E-state index is 0.245. The summed E-state index contributed by atoms with van der Waals surface area (Å²) >= 11 is 0. The SMILES string of the molecule is Cc1c(CC(C)c2ccccc2)c2oc1c1c2C(=O)N(Cc2ccc(-c3ccccc3)cc2)C1=O. The number of carbonyl (C=O) groups excluding carboxylic acids is 2. The van der Waals surface area contributed by atoms with Crippen molar-refractivity contribution in [1.29, 1.82) is 0 Å². The van der Waals surface area contributed by atoms with Crippen LogP contribution >= 0.6 is 0 Å². The van der Waals surface area contributed by atoms with E-state index < -0.39 is 0 Å². The molecule has 1 unspecified atom stereocenters. The second kappa shape index (κ2) is 8.24. The molecule has 0 radical (unpaired) electrons. The van der Waals surface area contributed by atoms with Gasteiger partial charge < -0.3 is 4.42 Å². The first-order valence-electron chi connectivity index (χ1n) is 12.0. The molecular formula is C31H25NO3. The third-order valence-corrected chi connectivity index (χ3v) is 7.17. The highest BCUT2D eigenvalue weighted by Crippen LogP contribution is 2.43. The molecule has 2 aromatic heterocycles. The largest absolute Gasteiger partial charge is 0.455 e. The number of amides is 2. The van der Waals surface area contributed by atoms with Gasteiger partial charge in [-0.25, -0.2) is 0 Å². The number of hydrogen-bond acceptors (Lipinski definition) is 3. The van der Waals surface area contributed by atoms with Gasteiger partial charge in [0.1, 0.15) is 11.2 Å². The van der Waals surface area contributed by atoms with Crippen LogP contribution in [0.4, 0.5) is 0 Å². The zero-order chi connectivity index (χ0) is 24.1. The fourth-order valence-electron chi connectivity index (χ4n) is 5.20. The standard InChI is InChI=1S/C31H25NO3/c1-19(22-9-5-3-6-10-22)17-25-20(2)28-26-27(29(25)35-28)31(34)32(30(26)33)18-21-13-15-24(16-14-21)23-11-7-4-8-12-23/h3-16,19H,17-18H2,1-2H3. The summed E-state index contributed by atoms with van der Waals surface area (Å²) < 4.78 is 6.02. The average Bonchev–Trinajstić information content (AvgIpc) is 3.51. The van der Waals surface area contributed by atoms with Crippen molar-refractivity contribution in [3.05, 3.63) is 118 Å². The molecule has 0 fully saturated rings. The Labute approximate surface area is 204 Å². The zero-order valence-corrected chi connectivity index (χ0v) is 19.7. The van der Waals surface area contributed by atoms with E-state index in [1.165, 1.54) is 10.5 Å². The van der Waals surface area contributed by atoms with Gasteiger partial charge in [0, 0.05) is 5.56 Å². The van der Waals surface area contributed by atoms with Crippen LogP contribution in [0.15, 0.2) is 89.3 Å². The van der Waals surface area contributed by atoms with Crippen molar-refractivity contribution in [2.24, 2.45) is 0 Å². The van der Waals surface area contributed by atoms with E-state index in [9.17, 15) is 9.59 Å². The number of aryl methyl sites for hydroxylation is 1. The molecule has 0 N–H and O–H groups in total. The molecule has 6 rings (SSSR count). The zero-order valence-electron chi connectivity index (χ0n) is 19.7. The molecule has 4 heteroatoms. The van der Waals surface area contributed by atoms with Crippen LogP contribution in [0.1, 0.15) is 55.8 Å². The van der Waals surface area contributed by atoms with Crippen molar-refractivity contribution >= 4 is 23.0 Å². The van der Waals surface area contributed by atoms with Gasteiger partial charge in [0.25, 0.3) is 11.8 Å². The van der Waals surface area contributed by atoms with Crippen molar-refractivity contribution in [2.75, 3.05) is 0 Å². The van der Waals surface area contributed by atoms with Gasteiger partial charge in [-0.2, -0.15) is 0 Å². The molecule has 3 aromatic carbocycles. The first kappa shape index (κ1) is 21.4. The second-order valence-electron chi connectivity index (χ2n) is 9.39. The molecule has 0 saturated heterocycles. The Morgan fingerprint density at radius 2 is 1.31 bits per heavy atom. The Morgan fingerprint density at radius 1 is 0.743 bits per heavy atom. The van der Waals surface area contributed by atoms with Crippen LogP contribution in [0.2, 0.25) is 0 Å². The van der Waals surface area contributed by atoms with Crippen molar-refractivity contribution in [2.45, 2.75) is 32.7 Å². The summed E-state index contributed by atoms with van der Waals surface area (Å²) in [4.78, 5) is 28.0. The minimum atomic E-state index is -0.267. The number of rotatable bonds is 6. The molecule has 35 heavy (non-hydrogen) atoms. The van der Waals surface area contributed by atoms with Crippen LogP contribution < -0.4 is 0 Å². The number of furan rings is 2. The Morgan fingerprint density at radius 3 is 1.97 bits per heavy atom. The Bertz CT molecular complexity index is 1530. The maximum Gasteiger partial charge on any atom is 0.265 e. The van der Waals surface area contributed by atoms with Crippen molar-refractivity contribution < 1.29 is 14.0 Å². The van der Waals surface area contributed by atoms with Gasteiger partial charge in [0.15, 0.2) is 0 Å². The highest BCUT2D eigenvalue weighted by Gasteiger charge is 2.44. The van der Waals surface area contributed by atoms with E-state index in [0.29, 0.717) is 22.3 Å². The van der Waals surface area contributed by atoms with Gasteiger partial charge in [-0.1, -0.05) is 91.9 Å². The van der Waals surface area contributed by atoms with Gasteiger partial charge in [-0.05, 0) is 47.1 Å². The van der Waals surface area contributed by atoms with E-state index in [-0.39, 0.29) is 24.3 Å². The second-order valence-corrected chi connectivity index (χ2v) is 9.39. The number of fused-ring (bicyclic) bond motifs is 5. The molecule has 2 bridgehead atoms. The highest BCUT2D eigenvalue weighted by atomic mass is 16.3. The minimum Gasteiger partial charge on any atom is -0.455 e. The molecular weight excluding hydrogens is 434 g/mol. The van der Waals surface area contributed by atoms with Crippen LogP contribution in [-0.2, 0) is 13.0 Å². The van der Waals surface area contributed by atoms with Crippen LogP contribution in [0.3, 0.4) is 0 Å². The van der Waals surface area contributed by atoms with E-state index in [1.54, 1.807) is 0 Å². The third-order valence-electron chi connectivity index (χ3n) is 7.17. The lowest BCUT2D eigenvalue weighted by Gasteiger charge is -2.14. The Kier molecular flexibility index (Phi) is 5.03. The van der Waals surface area contributed by atoms with Crippen molar-refractivity contribution in [1.82, 2.24) is 4.90 Å². The van der Waals surface area contributed by atoms with Crippen LogP contribution in [0.5, 0.6) is 0 Å².